The van der Waals surface area contributed by atoms with E-state index in [0.29, 0.717) is 18.3 Å². The Labute approximate surface area is 174 Å². The average molecular weight is 458 g/mol. The fraction of sp³-hybridized carbons (Fsp3) is 0.150. The van der Waals surface area contributed by atoms with Crippen molar-refractivity contribution in [1.29, 1.82) is 0 Å². The molecule has 0 aliphatic heterocycles. The molecule has 0 saturated carbocycles. The van der Waals surface area contributed by atoms with Crippen molar-refractivity contribution in [3.63, 3.8) is 0 Å². The Bertz CT molecular complexity index is 1090. The Hall–Kier alpha value is -2.71. The lowest BCUT2D eigenvalue weighted by molar-refractivity contribution is 0.302. The molecule has 0 aliphatic carbocycles. The van der Waals surface area contributed by atoms with Crippen molar-refractivity contribution in [3.8, 4) is 33.5 Å². The van der Waals surface area contributed by atoms with Gasteiger partial charge < -0.3 is 14.0 Å². The molecular formula is C20H16BrN3O3S. The maximum atomic E-state index is 5.86. The van der Waals surface area contributed by atoms with E-state index in [9.17, 15) is 0 Å². The second kappa shape index (κ2) is 8.12. The predicted octanol–water partition coefficient (Wildman–Crippen LogP) is 5.52. The Morgan fingerprint density at radius 2 is 1.93 bits per heavy atom. The second-order valence-corrected chi connectivity index (χ2v) is 7.71. The van der Waals surface area contributed by atoms with E-state index in [1.807, 2.05) is 47.8 Å². The first-order valence-electron chi connectivity index (χ1n) is 8.44. The Morgan fingerprint density at radius 3 is 2.64 bits per heavy atom. The SMILES string of the molecule is COc1ccc(Br)cc1-c1nc(COc2ccc(-c3noc(C)n3)cc2)cs1. The van der Waals surface area contributed by atoms with Gasteiger partial charge in [0.2, 0.25) is 11.7 Å². The van der Waals surface area contributed by atoms with Crippen LogP contribution < -0.4 is 9.47 Å². The molecule has 0 bridgehead atoms. The van der Waals surface area contributed by atoms with E-state index in [0.717, 1.165) is 37.8 Å². The van der Waals surface area contributed by atoms with Crippen LogP contribution in [-0.4, -0.2) is 22.2 Å². The zero-order valence-corrected chi connectivity index (χ0v) is 17.6. The number of halogens is 1. The first-order chi connectivity index (χ1) is 13.6. The van der Waals surface area contributed by atoms with E-state index in [2.05, 4.69) is 31.1 Å². The van der Waals surface area contributed by atoms with Crippen LogP contribution >= 0.6 is 27.3 Å². The highest BCUT2D eigenvalue weighted by Crippen LogP contribution is 2.34. The van der Waals surface area contributed by atoms with Crippen molar-refractivity contribution in [1.82, 2.24) is 15.1 Å². The van der Waals surface area contributed by atoms with Crippen LogP contribution in [-0.2, 0) is 6.61 Å². The highest BCUT2D eigenvalue weighted by molar-refractivity contribution is 9.10. The van der Waals surface area contributed by atoms with Crippen molar-refractivity contribution in [2.75, 3.05) is 7.11 Å². The number of rotatable bonds is 6. The largest absolute Gasteiger partial charge is 0.496 e. The van der Waals surface area contributed by atoms with Gasteiger partial charge in [-0.15, -0.1) is 11.3 Å². The van der Waals surface area contributed by atoms with Crippen LogP contribution in [0.1, 0.15) is 11.6 Å². The molecule has 0 N–H and O–H groups in total. The quantitative estimate of drug-likeness (QED) is 0.379. The van der Waals surface area contributed by atoms with Gasteiger partial charge in [0, 0.05) is 22.3 Å². The number of aryl methyl sites for hydroxylation is 1. The lowest BCUT2D eigenvalue weighted by Crippen LogP contribution is -1.96. The minimum Gasteiger partial charge on any atom is -0.496 e. The van der Waals surface area contributed by atoms with E-state index in [4.69, 9.17) is 14.0 Å². The summed E-state index contributed by atoms with van der Waals surface area (Å²) in [7, 11) is 1.66. The second-order valence-electron chi connectivity index (χ2n) is 5.94. The summed E-state index contributed by atoms with van der Waals surface area (Å²) in [6.07, 6.45) is 0. The van der Waals surface area contributed by atoms with Crippen LogP contribution in [0, 0.1) is 6.92 Å². The standard InChI is InChI=1S/C20H16BrN3O3S/c1-12-22-19(24-27-12)13-3-6-16(7-4-13)26-10-15-11-28-20(23-15)17-9-14(21)5-8-18(17)25-2/h3-9,11H,10H2,1-2H3. The molecule has 0 amide bonds. The van der Waals surface area contributed by atoms with Gasteiger partial charge in [-0.05, 0) is 42.5 Å². The van der Waals surface area contributed by atoms with Crippen LogP contribution in [0.3, 0.4) is 0 Å². The molecule has 28 heavy (non-hydrogen) atoms. The number of benzene rings is 2. The van der Waals surface area contributed by atoms with E-state index in [1.54, 1.807) is 25.4 Å². The number of aromatic nitrogens is 3. The van der Waals surface area contributed by atoms with Gasteiger partial charge in [-0.25, -0.2) is 4.98 Å². The van der Waals surface area contributed by atoms with Gasteiger partial charge >= 0.3 is 0 Å². The van der Waals surface area contributed by atoms with E-state index >= 15 is 0 Å². The van der Waals surface area contributed by atoms with Gasteiger partial charge in [0.05, 0.1) is 18.4 Å². The zero-order valence-electron chi connectivity index (χ0n) is 15.2. The van der Waals surface area contributed by atoms with E-state index in [-0.39, 0.29) is 0 Å². The smallest absolute Gasteiger partial charge is 0.223 e. The van der Waals surface area contributed by atoms with Crippen LogP contribution in [0.5, 0.6) is 11.5 Å². The average Bonchev–Trinajstić information content (AvgIpc) is 3.36. The summed E-state index contributed by atoms with van der Waals surface area (Å²) in [5, 5.41) is 6.79. The summed E-state index contributed by atoms with van der Waals surface area (Å²) in [5.74, 6) is 2.64. The van der Waals surface area contributed by atoms with Gasteiger partial charge in [-0.2, -0.15) is 4.98 Å². The third kappa shape index (κ3) is 4.07. The van der Waals surface area contributed by atoms with Crippen LogP contribution in [0.25, 0.3) is 22.0 Å². The fourth-order valence-corrected chi connectivity index (χ4v) is 3.80. The minimum absolute atomic E-state index is 0.382. The number of methoxy groups -OCH3 is 1. The summed E-state index contributed by atoms with van der Waals surface area (Å²) in [6.45, 7) is 2.15. The number of thiazole rings is 1. The van der Waals surface area contributed by atoms with Gasteiger partial charge in [0.1, 0.15) is 23.1 Å². The lowest BCUT2D eigenvalue weighted by atomic mass is 10.2. The van der Waals surface area contributed by atoms with Gasteiger partial charge in [0.15, 0.2) is 0 Å². The summed E-state index contributed by atoms with van der Waals surface area (Å²) in [6, 6.07) is 13.4. The molecule has 0 radical (unpaired) electrons. The number of hydrogen-bond donors (Lipinski definition) is 0. The van der Waals surface area contributed by atoms with Crippen molar-refractivity contribution in [2.24, 2.45) is 0 Å². The Balaban J connectivity index is 1.44. The lowest BCUT2D eigenvalue weighted by Gasteiger charge is -2.06. The number of nitrogens with zero attached hydrogens (tertiary/aromatic N) is 3. The Morgan fingerprint density at radius 1 is 1.11 bits per heavy atom. The molecule has 142 valence electrons. The van der Waals surface area contributed by atoms with Crippen LogP contribution in [0.4, 0.5) is 0 Å². The maximum Gasteiger partial charge on any atom is 0.223 e. The molecule has 4 rings (SSSR count). The van der Waals surface area contributed by atoms with E-state index in [1.165, 1.54) is 0 Å². The molecule has 2 aromatic heterocycles. The molecule has 0 unspecified atom stereocenters. The maximum absolute atomic E-state index is 5.86. The summed E-state index contributed by atoms with van der Waals surface area (Å²) in [5.41, 5.74) is 2.69. The van der Waals surface area contributed by atoms with E-state index < -0.39 is 0 Å². The number of hydrogen-bond acceptors (Lipinski definition) is 7. The topological polar surface area (TPSA) is 70.3 Å². The summed E-state index contributed by atoms with van der Waals surface area (Å²) >= 11 is 5.06. The van der Waals surface area contributed by atoms with Crippen molar-refractivity contribution in [3.05, 3.63) is 63.9 Å². The van der Waals surface area contributed by atoms with Crippen LogP contribution in [0.15, 0.2) is 56.8 Å². The zero-order chi connectivity index (χ0) is 19.5. The molecular weight excluding hydrogens is 442 g/mol. The van der Waals surface area contributed by atoms with Crippen molar-refractivity contribution in [2.45, 2.75) is 13.5 Å². The molecule has 0 spiro atoms. The van der Waals surface area contributed by atoms with Gasteiger partial charge in [0.25, 0.3) is 0 Å². The molecule has 4 aromatic rings. The first kappa shape index (κ1) is 18.6. The van der Waals surface area contributed by atoms with Crippen LogP contribution in [0.2, 0.25) is 0 Å². The first-order valence-corrected chi connectivity index (χ1v) is 10.1. The third-order valence-electron chi connectivity index (χ3n) is 3.97. The molecule has 0 saturated heterocycles. The van der Waals surface area contributed by atoms with Gasteiger partial charge in [-0.1, -0.05) is 21.1 Å². The molecule has 0 fully saturated rings. The molecule has 8 heteroatoms. The molecule has 2 heterocycles. The van der Waals surface area contributed by atoms with Crippen molar-refractivity contribution < 1.29 is 14.0 Å². The molecule has 6 nitrogen and oxygen atoms in total. The third-order valence-corrected chi connectivity index (χ3v) is 5.39. The van der Waals surface area contributed by atoms with Crippen molar-refractivity contribution >= 4 is 27.3 Å². The highest BCUT2D eigenvalue weighted by atomic mass is 79.9. The molecule has 0 atom stereocenters. The fourth-order valence-electron chi connectivity index (χ4n) is 2.62. The van der Waals surface area contributed by atoms with Gasteiger partial charge in [-0.3, -0.25) is 0 Å². The Kier molecular flexibility index (Phi) is 5.40. The molecule has 0 aliphatic rings. The summed E-state index contributed by atoms with van der Waals surface area (Å²) in [4.78, 5) is 8.89. The minimum atomic E-state index is 0.382. The summed E-state index contributed by atoms with van der Waals surface area (Å²) < 4.78 is 17.3. The molecule has 2 aromatic carbocycles. The highest BCUT2D eigenvalue weighted by Gasteiger charge is 2.12. The monoisotopic (exact) mass is 457 g/mol. The normalized spacial score (nSPS) is 10.8. The number of ether oxygens (including phenoxy) is 2. The predicted molar refractivity (Wildman–Crippen MR) is 111 cm³/mol.